The Hall–Kier alpha value is -3.70. The van der Waals surface area contributed by atoms with Gasteiger partial charge in [-0.2, -0.15) is 26.3 Å². The minimum atomic E-state index is -4.77. The third kappa shape index (κ3) is 5.44. The van der Waals surface area contributed by atoms with Crippen molar-refractivity contribution in [3.8, 4) is 0 Å². The van der Waals surface area contributed by atoms with Crippen LogP contribution in [-0.2, 0) is 17.1 Å². The van der Waals surface area contributed by atoms with Crippen molar-refractivity contribution < 1.29 is 31.1 Å². The van der Waals surface area contributed by atoms with Crippen molar-refractivity contribution in [3.05, 3.63) is 64.1 Å². The van der Waals surface area contributed by atoms with Gasteiger partial charge in [-0.05, 0) is 56.0 Å². The number of nitrogens with one attached hydrogen (secondary N) is 1. The molecule has 3 aromatic rings. The van der Waals surface area contributed by atoms with Gasteiger partial charge in [-0.25, -0.2) is 15.0 Å². The standard InChI is InChI=1S/C26H25F6N5O/c1-13-18(6-5-7-21(13)25(27,28)29)14(2)33-23-20-12-19(17-8-10-37(11-9-17)16(4)38)22(26(30,31)32)36-24(20)35-15(3)34-23/h5-8,12,14H,9-11H2,1-4H3,(H,33,34,35,36)/t14-/m1/s1. The fraction of sp³-hybridized carbons (Fsp3) is 0.385. The molecular weight excluding hydrogens is 512 g/mol. The molecule has 0 fully saturated rings. The third-order valence-electron chi connectivity index (χ3n) is 6.57. The largest absolute Gasteiger partial charge is 0.434 e. The summed E-state index contributed by atoms with van der Waals surface area (Å²) in [6.45, 7) is 6.33. The number of anilines is 1. The van der Waals surface area contributed by atoms with Crippen molar-refractivity contribution in [3.63, 3.8) is 0 Å². The van der Waals surface area contributed by atoms with Gasteiger partial charge in [0, 0.05) is 25.6 Å². The minimum absolute atomic E-state index is 0.0376. The fourth-order valence-electron chi connectivity index (χ4n) is 4.65. The highest BCUT2D eigenvalue weighted by molar-refractivity contribution is 5.90. The van der Waals surface area contributed by atoms with Crippen molar-refractivity contribution in [2.75, 3.05) is 18.4 Å². The van der Waals surface area contributed by atoms with Crippen LogP contribution in [0.5, 0.6) is 0 Å². The molecule has 3 heterocycles. The number of hydrogen-bond acceptors (Lipinski definition) is 5. The molecule has 6 nitrogen and oxygen atoms in total. The third-order valence-corrected chi connectivity index (χ3v) is 6.57. The molecule has 0 radical (unpaired) electrons. The number of fused-ring (bicyclic) bond motifs is 1. The first kappa shape index (κ1) is 27.3. The lowest BCUT2D eigenvalue weighted by atomic mass is 9.96. The zero-order valence-electron chi connectivity index (χ0n) is 21.1. The number of carbonyl (C=O) groups excluding carboxylic acids is 1. The summed E-state index contributed by atoms with van der Waals surface area (Å²) in [6.07, 6.45) is -7.53. The maximum Gasteiger partial charge on any atom is 0.434 e. The van der Waals surface area contributed by atoms with Crippen molar-refractivity contribution >= 4 is 28.3 Å². The van der Waals surface area contributed by atoms with Gasteiger partial charge in [0.05, 0.1) is 17.0 Å². The van der Waals surface area contributed by atoms with Gasteiger partial charge in [0.15, 0.2) is 11.3 Å². The predicted molar refractivity (Wildman–Crippen MR) is 130 cm³/mol. The molecule has 0 bridgehead atoms. The summed E-state index contributed by atoms with van der Waals surface area (Å²) in [7, 11) is 0. The Labute approximate surface area is 214 Å². The lowest BCUT2D eigenvalue weighted by Crippen LogP contribution is -2.32. The zero-order chi connectivity index (χ0) is 28.0. The summed E-state index contributed by atoms with van der Waals surface area (Å²) in [6, 6.07) is 4.50. The van der Waals surface area contributed by atoms with Crippen molar-refractivity contribution in [1.82, 2.24) is 19.9 Å². The van der Waals surface area contributed by atoms with Crippen LogP contribution in [0.15, 0.2) is 30.3 Å². The van der Waals surface area contributed by atoms with Gasteiger partial charge >= 0.3 is 12.4 Å². The quantitative estimate of drug-likeness (QED) is 0.386. The lowest BCUT2D eigenvalue weighted by molar-refractivity contribution is -0.141. The van der Waals surface area contributed by atoms with Crippen LogP contribution >= 0.6 is 0 Å². The van der Waals surface area contributed by atoms with Gasteiger partial charge in [-0.15, -0.1) is 0 Å². The Morgan fingerprint density at radius 3 is 2.34 bits per heavy atom. The molecule has 38 heavy (non-hydrogen) atoms. The molecule has 0 saturated carbocycles. The molecule has 1 atom stereocenters. The summed E-state index contributed by atoms with van der Waals surface area (Å²) in [4.78, 5) is 25.5. The maximum absolute atomic E-state index is 14.0. The highest BCUT2D eigenvalue weighted by Gasteiger charge is 2.38. The Kier molecular flexibility index (Phi) is 7.11. The number of pyridine rings is 1. The summed E-state index contributed by atoms with van der Waals surface area (Å²) in [5.41, 5.74) is -1.41. The molecule has 0 spiro atoms. The van der Waals surface area contributed by atoms with Gasteiger partial charge in [-0.3, -0.25) is 4.79 Å². The Morgan fingerprint density at radius 1 is 1.05 bits per heavy atom. The van der Waals surface area contributed by atoms with E-state index in [-0.39, 0.29) is 59.2 Å². The number of carbonyl (C=O) groups is 1. The molecule has 1 aliphatic heterocycles. The number of benzene rings is 1. The smallest absolute Gasteiger partial charge is 0.363 e. The Bertz CT molecular complexity index is 1430. The molecule has 2 aromatic heterocycles. The predicted octanol–water partition coefficient (Wildman–Crippen LogP) is 6.49. The molecule has 1 amide bonds. The number of aryl methyl sites for hydroxylation is 1. The second kappa shape index (κ2) is 9.88. The highest BCUT2D eigenvalue weighted by Crippen LogP contribution is 2.39. The maximum atomic E-state index is 14.0. The van der Waals surface area contributed by atoms with Crippen LogP contribution in [0.25, 0.3) is 16.6 Å². The number of alkyl halides is 6. The molecule has 202 valence electrons. The van der Waals surface area contributed by atoms with E-state index in [1.165, 1.54) is 37.8 Å². The molecular formula is C26H25F6N5O. The van der Waals surface area contributed by atoms with Gasteiger partial charge in [0.1, 0.15) is 11.6 Å². The summed E-state index contributed by atoms with van der Waals surface area (Å²) < 4.78 is 82.4. The van der Waals surface area contributed by atoms with E-state index in [0.29, 0.717) is 11.1 Å². The van der Waals surface area contributed by atoms with E-state index >= 15 is 0 Å². The first-order chi connectivity index (χ1) is 17.7. The van der Waals surface area contributed by atoms with E-state index in [1.54, 1.807) is 19.1 Å². The average molecular weight is 538 g/mol. The molecule has 0 unspecified atom stereocenters. The zero-order valence-corrected chi connectivity index (χ0v) is 21.1. The van der Waals surface area contributed by atoms with E-state index < -0.39 is 29.7 Å². The SMILES string of the molecule is CC(=O)N1CC=C(c2cc3c(N[C@H](C)c4cccc(C(F)(F)F)c4C)nc(C)nc3nc2C(F)(F)F)CC1. The lowest BCUT2D eigenvalue weighted by Gasteiger charge is -2.26. The van der Waals surface area contributed by atoms with Crippen molar-refractivity contribution in [2.45, 2.75) is 52.5 Å². The first-order valence-corrected chi connectivity index (χ1v) is 11.8. The van der Waals surface area contributed by atoms with Crippen molar-refractivity contribution in [2.24, 2.45) is 0 Å². The van der Waals surface area contributed by atoms with E-state index in [9.17, 15) is 31.1 Å². The molecule has 0 aliphatic carbocycles. The van der Waals surface area contributed by atoms with Crippen LogP contribution in [0.3, 0.4) is 0 Å². The van der Waals surface area contributed by atoms with E-state index in [0.717, 1.165) is 6.07 Å². The molecule has 1 aliphatic rings. The highest BCUT2D eigenvalue weighted by atomic mass is 19.4. The second-order valence-electron chi connectivity index (χ2n) is 9.20. The number of hydrogen-bond donors (Lipinski definition) is 1. The topological polar surface area (TPSA) is 71.0 Å². The van der Waals surface area contributed by atoms with Crippen LogP contribution in [0.4, 0.5) is 32.2 Å². The van der Waals surface area contributed by atoms with Crippen molar-refractivity contribution in [1.29, 1.82) is 0 Å². The van der Waals surface area contributed by atoms with Crippen LogP contribution in [0.2, 0.25) is 0 Å². The average Bonchev–Trinajstić information content (AvgIpc) is 2.82. The summed E-state index contributed by atoms with van der Waals surface area (Å²) in [5, 5.41) is 3.26. The van der Waals surface area contributed by atoms with Gasteiger partial charge in [0.2, 0.25) is 5.91 Å². The van der Waals surface area contributed by atoms with Crippen LogP contribution < -0.4 is 5.32 Å². The molecule has 0 saturated heterocycles. The first-order valence-electron chi connectivity index (χ1n) is 11.8. The normalized spacial score (nSPS) is 15.4. The number of aromatic nitrogens is 3. The van der Waals surface area contributed by atoms with Gasteiger partial charge in [0.25, 0.3) is 0 Å². The van der Waals surface area contributed by atoms with E-state index in [2.05, 4.69) is 20.3 Å². The monoisotopic (exact) mass is 537 g/mol. The van der Waals surface area contributed by atoms with Crippen LogP contribution in [-0.4, -0.2) is 38.8 Å². The fourth-order valence-corrected chi connectivity index (χ4v) is 4.65. The second-order valence-corrected chi connectivity index (χ2v) is 9.20. The molecule has 1 N–H and O–H groups in total. The summed E-state index contributed by atoms with van der Waals surface area (Å²) >= 11 is 0. The van der Waals surface area contributed by atoms with Crippen LogP contribution in [0.1, 0.15) is 60.1 Å². The minimum Gasteiger partial charge on any atom is -0.363 e. The molecule has 1 aromatic carbocycles. The molecule has 4 rings (SSSR count). The number of nitrogens with zero attached hydrogens (tertiary/aromatic N) is 4. The molecule has 12 heteroatoms. The summed E-state index contributed by atoms with van der Waals surface area (Å²) in [5.74, 6) is 0.124. The number of halogens is 6. The van der Waals surface area contributed by atoms with E-state index in [1.807, 2.05) is 0 Å². The number of amides is 1. The van der Waals surface area contributed by atoms with Crippen LogP contribution in [0, 0.1) is 13.8 Å². The Balaban J connectivity index is 1.82. The van der Waals surface area contributed by atoms with E-state index in [4.69, 9.17) is 0 Å². The Morgan fingerprint density at radius 2 is 1.76 bits per heavy atom. The van der Waals surface area contributed by atoms with Gasteiger partial charge < -0.3 is 10.2 Å². The van der Waals surface area contributed by atoms with Gasteiger partial charge in [-0.1, -0.05) is 18.2 Å². The number of rotatable bonds is 4.